The third-order valence-electron chi connectivity index (χ3n) is 2.28. The van der Waals surface area contributed by atoms with E-state index in [1.165, 1.54) is 19.2 Å². The molecule has 17 heavy (non-hydrogen) atoms. The van der Waals surface area contributed by atoms with Gasteiger partial charge >= 0.3 is 5.69 Å². The summed E-state index contributed by atoms with van der Waals surface area (Å²) in [7, 11) is 1.29. The number of rotatable bonds is 1. The second kappa shape index (κ2) is 3.85. The molecule has 6 nitrogen and oxygen atoms in total. The summed E-state index contributed by atoms with van der Waals surface area (Å²) in [6, 6.07) is 3.84. The predicted molar refractivity (Wildman–Crippen MR) is 59.4 cm³/mol. The topological polar surface area (TPSA) is 82.9 Å². The Hall–Kier alpha value is -2.44. The molecule has 0 atom stereocenters. The molecule has 7 heteroatoms. The molecule has 1 aromatic heterocycles. The lowest BCUT2D eigenvalue weighted by Crippen LogP contribution is -2.38. The molecule has 0 saturated heterocycles. The van der Waals surface area contributed by atoms with Gasteiger partial charge in [-0.2, -0.15) is 9.78 Å². The number of aromatic nitrogens is 3. The fourth-order valence-electron chi connectivity index (χ4n) is 1.34. The van der Waals surface area contributed by atoms with Crippen molar-refractivity contribution in [2.45, 2.75) is 0 Å². The van der Waals surface area contributed by atoms with Crippen molar-refractivity contribution in [3.63, 3.8) is 0 Å². The Morgan fingerprint density at radius 1 is 1.35 bits per heavy atom. The van der Waals surface area contributed by atoms with Crippen LogP contribution in [0.5, 0.6) is 0 Å². The van der Waals surface area contributed by atoms with Gasteiger partial charge in [0.05, 0.1) is 0 Å². The van der Waals surface area contributed by atoms with Crippen LogP contribution in [-0.4, -0.2) is 14.3 Å². The van der Waals surface area contributed by atoms with Gasteiger partial charge in [0.1, 0.15) is 11.9 Å². The lowest BCUT2D eigenvalue weighted by molar-refractivity contribution is 0.585. The number of halogens is 1. The highest BCUT2D eigenvalue weighted by molar-refractivity contribution is 5.45. The normalized spacial score (nSPS) is 10.5. The van der Waals surface area contributed by atoms with Gasteiger partial charge in [-0.15, -0.1) is 0 Å². The molecule has 2 rings (SSSR count). The summed E-state index contributed by atoms with van der Waals surface area (Å²) in [6.45, 7) is 0. The zero-order valence-corrected chi connectivity index (χ0v) is 8.92. The summed E-state index contributed by atoms with van der Waals surface area (Å²) >= 11 is 0. The van der Waals surface area contributed by atoms with Gasteiger partial charge in [0, 0.05) is 12.7 Å². The predicted octanol–water partition coefficient (Wildman–Crippen LogP) is -0.348. The number of anilines is 1. The number of nitrogens with zero attached hydrogens (tertiary/aromatic N) is 3. The van der Waals surface area contributed by atoms with Gasteiger partial charge in [-0.25, -0.2) is 9.18 Å². The molecule has 2 N–H and O–H groups in total. The fourth-order valence-corrected chi connectivity index (χ4v) is 1.34. The first-order valence-electron chi connectivity index (χ1n) is 4.71. The van der Waals surface area contributed by atoms with Crippen molar-refractivity contribution in [1.82, 2.24) is 14.3 Å². The minimum absolute atomic E-state index is 0.0557. The summed E-state index contributed by atoms with van der Waals surface area (Å²) in [6.07, 6.45) is 0.942. The molecule has 1 aromatic carbocycles. The molecule has 0 fully saturated rings. The lowest BCUT2D eigenvalue weighted by atomic mass is 10.3. The number of nitrogens with two attached hydrogens (primary N) is 1. The maximum absolute atomic E-state index is 13.6. The van der Waals surface area contributed by atoms with Crippen molar-refractivity contribution in [1.29, 1.82) is 0 Å². The van der Waals surface area contributed by atoms with Crippen LogP contribution < -0.4 is 17.0 Å². The van der Waals surface area contributed by atoms with Gasteiger partial charge in [-0.3, -0.25) is 9.36 Å². The zero-order valence-electron chi connectivity index (χ0n) is 8.92. The van der Waals surface area contributed by atoms with E-state index in [0.29, 0.717) is 0 Å². The van der Waals surface area contributed by atoms with Crippen LogP contribution in [0, 0.1) is 5.82 Å². The number of nitrogen functional groups attached to an aromatic ring is 1. The van der Waals surface area contributed by atoms with Crippen molar-refractivity contribution in [3.8, 4) is 5.69 Å². The van der Waals surface area contributed by atoms with Crippen molar-refractivity contribution < 1.29 is 4.39 Å². The van der Waals surface area contributed by atoms with E-state index in [9.17, 15) is 14.0 Å². The smallest absolute Gasteiger partial charge is 0.352 e. The number of benzene rings is 1. The SMILES string of the molecule is Cn1c(=O)cnn(-c2ccc(N)cc2F)c1=O. The number of hydrogen-bond donors (Lipinski definition) is 1. The van der Waals surface area contributed by atoms with Crippen LogP contribution in [0.2, 0.25) is 0 Å². The van der Waals surface area contributed by atoms with Crippen LogP contribution in [0.4, 0.5) is 10.1 Å². The first-order chi connectivity index (χ1) is 8.00. The molecule has 0 amide bonds. The Kier molecular flexibility index (Phi) is 2.51. The van der Waals surface area contributed by atoms with E-state index >= 15 is 0 Å². The lowest BCUT2D eigenvalue weighted by Gasteiger charge is -2.06. The third kappa shape index (κ3) is 1.82. The molecule has 1 heterocycles. The van der Waals surface area contributed by atoms with Gasteiger partial charge in [-0.05, 0) is 18.2 Å². The van der Waals surface area contributed by atoms with Crippen LogP contribution in [0.25, 0.3) is 5.69 Å². The Bertz CT molecular complexity index is 689. The maximum Gasteiger partial charge on any atom is 0.352 e. The monoisotopic (exact) mass is 236 g/mol. The van der Waals surface area contributed by atoms with Crippen molar-refractivity contribution in [3.05, 3.63) is 51.1 Å². The molecule has 0 spiro atoms. The Labute approximate surface area is 94.7 Å². The largest absolute Gasteiger partial charge is 0.399 e. The van der Waals surface area contributed by atoms with Crippen LogP contribution in [0.15, 0.2) is 34.0 Å². The van der Waals surface area contributed by atoms with Gasteiger partial charge in [-0.1, -0.05) is 0 Å². The molecular weight excluding hydrogens is 227 g/mol. The van der Waals surface area contributed by atoms with Crippen LogP contribution in [-0.2, 0) is 7.05 Å². The standard InChI is InChI=1S/C10H9FN4O2/c1-14-9(16)5-13-15(10(14)17)8-3-2-6(12)4-7(8)11/h2-5H,12H2,1H3. The highest BCUT2D eigenvalue weighted by atomic mass is 19.1. The highest BCUT2D eigenvalue weighted by Crippen LogP contribution is 2.13. The van der Waals surface area contributed by atoms with Crippen molar-refractivity contribution >= 4 is 5.69 Å². The zero-order chi connectivity index (χ0) is 12.6. The molecule has 0 aliphatic carbocycles. The Morgan fingerprint density at radius 2 is 2.06 bits per heavy atom. The van der Waals surface area contributed by atoms with Crippen molar-refractivity contribution in [2.24, 2.45) is 7.05 Å². The second-order valence-corrected chi connectivity index (χ2v) is 3.45. The summed E-state index contributed by atoms with van der Waals surface area (Å²) in [5.74, 6) is -0.682. The first kappa shape index (κ1) is 11.1. The average molecular weight is 236 g/mol. The fraction of sp³-hybridized carbons (Fsp3) is 0.100. The van der Waals surface area contributed by atoms with Crippen LogP contribution in [0.1, 0.15) is 0 Å². The third-order valence-corrected chi connectivity index (χ3v) is 2.28. The van der Waals surface area contributed by atoms with E-state index in [2.05, 4.69) is 5.10 Å². The van der Waals surface area contributed by atoms with E-state index in [-0.39, 0.29) is 11.4 Å². The van der Waals surface area contributed by atoms with Crippen LogP contribution >= 0.6 is 0 Å². The van der Waals surface area contributed by atoms with Crippen LogP contribution in [0.3, 0.4) is 0 Å². The summed E-state index contributed by atoms with van der Waals surface area (Å²) in [5, 5.41) is 3.59. The molecule has 88 valence electrons. The molecule has 0 bridgehead atoms. The minimum Gasteiger partial charge on any atom is -0.399 e. The van der Waals surface area contributed by atoms with Gasteiger partial charge < -0.3 is 5.73 Å². The number of hydrogen-bond acceptors (Lipinski definition) is 4. The summed E-state index contributed by atoms with van der Waals surface area (Å²) in [5.41, 5.74) is 4.30. The van der Waals surface area contributed by atoms with E-state index in [1.807, 2.05) is 0 Å². The highest BCUT2D eigenvalue weighted by Gasteiger charge is 2.09. The van der Waals surface area contributed by atoms with Gasteiger partial charge in [0.15, 0.2) is 5.82 Å². The molecular formula is C10H9FN4O2. The minimum atomic E-state index is -0.721. The van der Waals surface area contributed by atoms with E-state index in [0.717, 1.165) is 21.5 Å². The molecule has 0 unspecified atom stereocenters. The average Bonchev–Trinajstić information content (AvgIpc) is 2.28. The molecule has 0 radical (unpaired) electrons. The van der Waals surface area contributed by atoms with Gasteiger partial charge in [0.2, 0.25) is 0 Å². The molecule has 0 aliphatic rings. The quantitative estimate of drug-likeness (QED) is 0.686. The van der Waals surface area contributed by atoms with E-state index in [4.69, 9.17) is 5.73 Å². The Morgan fingerprint density at radius 3 is 2.71 bits per heavy atom. The van der Waals surface area contributed by atoms with E-state index in [1.54, 1.807) is 0 Å². The van der Waals surface area contributed by atoms with Crippen molar-refractivity contribution in [2.75, 3.05) is 5.73 Å². The molecule has 0 aliphatic heterocycles. The Balaban J connectivity index is 2.74. The summed E-state index contributed by atoms with van der Waals surface area (Å²) < 4.78 is 15.2. The first-order valence-corrected chi connectivity index (χ1v) is 4.71. The van der Waals surface area contributed by atoms with Gasteiger partial charge in [0.25, 0.3) is 5.56 Å². The van der Waals surface area contributed by atoms with E-state index < -0.39 is 17.1 Å². The molecule has 2 aromatic rings. The maximum atomic E-state index is 13.6. The summed E-state index contributed by atoms with van der Waals surface area (Å²) in [4.78, 5) is 22.8. The second-order valence-electron chi connectivity index (χ2n) is 3.45. The molecule has 0 saturated carbocycles.